The van der Waals surface area contributed by atoms with Crippen molar-refractivity contribution < 1.29 is 19.6 Å². The summed E-state index contributed by atoms with van der Waals surface area (Å²) in [6, 6.07) is 3.93. The fourth-order valence-corrected chi connectivity index (χ4v) is 1.39. The van der Waals surface area contributed by atoms with Gasteiger partial charge in [-0.1, -0.05) is 0 Å². The van der Waals surface area contributed by atoms with Gasteiger partial charge < -0.3 is 15.2 Å². The van der Waals surface area contributed by atoms with Gasteiger partial charge in [-0.15, -0.1) is 0 Å². The second kappa shape index (κ2) is 5.66. The Morgan fingerprint density at radius 1 is 1.53 bits per heavy atom. The lowest BCUT2D eigenvalue weighted by Gasteiger charge is -2.23. The molecule has 7 heteroatoms. The molecule has 1 rings (SSSR count). The third-order valence-corrected chi connectivity index (χ3v) is 2.48. The Morgan fingerprint density at radius 3 is 2.63 bits per heavy atom. The van der Waals surface area contributed by atoms with E-state index in [4.69, 9.17) is 9.84 Å². The van der Waals surface area contributed by atoms with Gasteiger partial charge in [-0.2, -0.15) is 0 Å². The van der Waals surface area contributed by atoms with E-state index in [9.17, 15) is 14.9 Å². The number of nitrogens with one attached hydrogen (secondary N) is 1. The number of nitro benzene ring substituents is 1. The Kier molecular flexibility index (Phi) is 4.44. The van der Waals surface area contributed by atoms with Crippen LogP contribution >= 0.6 is 0 Å². The molecule has 0 unspecified atom stereocenters. The Hall–Kier alpha value is -2.15. The first-order chi connectivity index (χ1) is 8.80. The Balaban J connectivity index is 3.06. The number of rotatable bonds is 5. The van der Waals surface area contributed by atoms with E-state index >= 15 is 0 Å². The number of aliphatic hydroxyl groups is 1. The molecule has 0 saturated carbocycles. The fourth-order valence-electron chi connectivity index (χ4n) is 1.39. The molecule has 0 spiro atoms. The molecule has 0 radical (unpaired) electrons. The molecule has 1 aromatic carbocycles. The standard InChI is InChI=1S/C12H16N2O5/c1-12(2,7-15)13-11(16)8-4-5-10(19-3)9(6-8)14(17)18/h4-6,15H,7H2,1-3H3,(H,13,16). The normalized spacial score (nSPS) is 10.9. The van der Waals surface area contributed by atoms with Crippen LogP contribution in [-0.4, -0.2) is 35.2 Å². The minimum absolute atomic E-state index is 0.0861. The van der Waals surface area contributed by atoms with Crippen LogP contribution in [0.15, 0.2) is 18.2 Å². The molecule has 0 aliphatic carbocycles. The largest absolute Gasteiger partial charge is 0.490 e. The smallest absolute Gasteiger partial charge is 0.311 e. The first kappa shape index (κ1) is 14.9. The van der Waals surface area contributed by atoms with Crippen LogP contribution < -0.4 is 10.1 Å². The summed E-state index contributed by atoms with van der Waals surface area (Å²) in [6.45, 7) is 3.04. The van der Waals surface area contributed by atoms with Gasteiger partial charge in [0, 0.05) is 11.6 Å². The van der Waals surface area contributed by atoms with Crippen molar-refractivity contribution >= 4 is 11.6 Å². The average molecular weight is 268 g/mol. The van der Waals surface area contributed by atoms with Gasteiger partial charge >= 0.3 is 5.69 Å². The van der Waals surface area contributed by atoms with E-state index in [1.165, 1.54) is 19.2 Å². The van der Waals surface area contributed by atoms with Crippen molar-refractivity contribution in [1.29, 1.82) is 0 Å². The highest BCUT2D eigenvalue weighted by Gasteiger charge is 2.23. The molecule has 1 amide bonds. The number of aliphatic hydroxyl groups excluding tert-OH is 1. The second-order valence-electron chi connectivity index (χ2n) is 4.64. The molecule has 0 bridgehead atoms. The van der Waals surface area contributed by atoms with Gasteiger partial charge in [0.25, 0.3) is 5.91 Å². The fraction of sp³-hybridized carbons (Fsp3) is 0.417. The number of carbonyl (C=O) groups excluding carboxylic acids is 1. The molecule has 0 aliphatic heterocycles. The highest BCUT2D eigenvalue weighted by Crippen LogP contribution is 2.27. The van der Waals surface area contributed by atoms with Crippen molar-refractivity contribution in [3.63, 3.8) is 0 Å². The highest BCUT2D eigenvalue weighted by atomic mass is 16.6. The number of methoxy groups -OCH3 is 1. The van der Waals surface area contributed by atoms with Crippen LogP contribution in [0.3, 0.4) is 0 Å². The van der Waals surface area contributed by atoms with Crippen LogP contribution in [0.1, 0.15) is 24.2 Å². The zero-order valence-corrected chi connectivity index (χ0v) is 11.0. The van der Waals surface area contributed by atoms with E-state index in [1.54, 1.807) is 13.8 Å². The molecule has 1 aromatic rings. The third kappa shape index (κ3) is 3.65. The maximum atomic E-state index is 11.9. The minimum atomic E-state index is -0.800. The summed E-state index contributed by atoms with van der Waals surface area (Å²) in [6.07, 6.45) is 0. The molecule has 104 valence electrons. The quantitative estimate of drug-likeness (QED) is 0.615. The first-order valence-corrected chi connectivity index (χ1v) is 5.56. The zero-order chi connectivity index (χ0) is 14.6. The van der Waals surface area contributed by atoms with Crippen molar-refractivity contribution in [2.75, 3.05) is 13.7 Å². The van der Waals surface area contributed by atoms with Crippen LogP contribution in [0.5, 0.6) is 5.75 Å². The summed E-state index contributed by atoms with van der Waals surface area (Å²) in [5.41, 5.74) is -0.947. The minimum Gasteiger partial charge on any atom is -0.490 e. The van der Waals surface area contributed by atoms with Gasteiger partial charge in [-0.25, -0.2) is 0 Å². The summed E-state index contributed by atoms with van der Waals surface area (Å²) in [7, 11) is 1.32. The Labute approximate surface area is 110 Å². The summed E-state index contributed by atoms with van der Waals surface area (Å²) < 4.78 is 4.85. The van der Waals surface area contributed by atoms with Gasteiger partial charge in [-0.3, -0.25) is 14.9 Å². The van der Waals surface area contributed by atoms with Crippen molar-refractivity contribution in [1.82, 2.24) is 5.32 Å². The number of hydrogen-bond acceptors (Lipinski definition) is 5. The van der Waals surface area contributed by atoms with E-state index in [0.717, 1.165) is 6.07 Å². The number of benzene rings is 1. The lowest BCUT2D eigenvalue weighted by molar-refractivity contribution is -0.385. The van der Waals surface area contributed by atoms with Crippen molar-refractivity contribution in [2.45, 2.75) is 19.4 Å². The molecular formula is C12H16N2O5. The second-order valence-corrected chi connectivity index (χ2v) is 4.64. The van der Waals surface area contributed by atoms with Gasteiger partial charge in [0.15, 0.2) is 5.75 Å². The van der Waals surface area contributed by atoms with Gasteiger partial charge in [0.1, 0.15) is 0 Å². The molecule has 0 aliphatic rings. The molecular weight excluding hydrogens is 252 g/mol. The average Bonchev–Trinajstić information content (AvgIpc) is 2.37. The predicted octanol–water partition coefficient (Wildman–Crippen LogP) is 1.10. The summed E-state index contributed by atoms with van der Waals surface area (Å²) in [5.74, 6) is -0.409. The third-order valence-electron chi connectivity index (χ3n) is 2.48. The Bertz CT molecular complexity index is 499. The summed E-state index contributed by atoms with van der Waals surface area (Å²) in [4.78, 5) is 22.1. The SMILES string of the molecule is COc1ccc(C(=O)NC(C)(C)CO)cc1[N+](=O)[O-]. The Morgan fingerprint density at radius 2 is 2.16 bits per heavy atom. The molecule has 0 atom stereocenters. The zero-order valence-electron chi connectivity index (χ0n) is 11.0. The molecule has 7 nitrogen and oxygen atoms in total. The van der Waals surface area contributed by atoms with E-state index in [0.29, 0.717) is 0 Å². The lowest BCUT2D eigenvalue weighted by atomic mass is 10.1. The van der Waals surface area contributed by atoms with E-state index in [1.807, 2.05) is 0 Å². The van der Waals surface area contributed by atoms with E-state index in [2.05, 4.69) is 5.32 Å². The van der Waals surface area contributed by atoms with Gasteiger partial charge in [-0.05, 0) is 26.0 Å². The topological polar surface area (TPSA) is 102 Å². The molecule has 0 heterocycles. The number of nitrogens with zero attached hydrogens (tertiary/aromatic N) is 1. The maximum Gasteiger partial charge on any atom is 0.311 e. The molecule has 2 N–H and O–H groups in total. The summed E-state index contributed by atoms with van der Waals surface area (Å²) >= 11 is 0. The van der Waals surface area contributed by atoms with E-state index in [-0.39, 0.29) is 23.6 Å². The number of amides is 1. The van der Waals surface area contributed by atoms with Gasteiger partial charge in [0.2, 0.25) is 0 Å². The number of ether oxygens (including phenoxy) is 1. The van der Waals surface area contributed by atoms with Gasteiger partial charge in [0.05, 0.1) is 24.2 Å². The maximum absolute atomic E-state index is 11.9. The van der Waals surface area contributed by atoms with Crippen molar-refractivity contribution in [3.8, 4) is 5.75 Å². The number of hydrogen-bond donors (Lipinski definition) is 2. The molecule has 0 fully saturated rings. The van der Waals surface area contributed by atoms with Crippen molar-refractivity contribution in [2.24, 2.45) is 0 Å². The number of carbonyl (C=O) groups is 1. The highest BCUT2D eigenvalue weighted by molar-refractivity contribution is 5.95. The summed E-state index contributed by atoms with van der Waals surface area (Å²) in [5, 5.41) is 22.5. The lowest BCUT2D eigenvalue weighted by Crippen LogP contribution is -2.46. The van der Waals surface area contributed by atoms with Crippen LogP contribution in [0, 0.1) is 10.1 Å². The number of nitro groups is 1. The van der Waals surface area contributed by atoms with E-state index < -0.39 is 16.4 Å². The predicted molar refractivity (Wildman–Crippen MR) is 68.3 cm³/mol. The van der Waals surface area contributed by atoms with Crippen LogP contribution in [0.2, 0.25) is 0 Å². The first-order valence-electron chi connectivity index (χ1n) is 5.56. The van der Waals surface area contributed by atoms with Crippen LogP contribution in [0.25, 0.3) is 0 Å². The van der Waals surface area contributed by atoms with Crippen LogP contribution in [-0.2, 0) is 0 Å². The molecule has 0 aromatic heterocycles. The monoisotopic (exact) mass is 268 g/mol. The molecule has 0 saturated heterocycles. The van der Waals surface area contributed by atoms with Crippen molar-refractivity contribution in [3.05, 3.63) is 33.9 Å². The molecule has 19 heavy (non-hydrogen) atoms. The van der Waals surface area contributed by atoms with Crippen LogP contribution in [0.4, 0.5) is 5.69 Å².